The molecule has 0 aliphatic carbocycles. The van der Waals surface area contributed by atoms with Gasteiger partial charge in [-0.15, -0.1) is 0 Å². The van der Waals surface area contributed by atoms with Gasteiger partial charge in [0.05, 0.1) is 17.6 Å². The molecule has 1 N–H and O–H groups in total. The van der Waals surface area contributed by atoms with E-state index in [4.69, 9.17) is 5.26 Å². The summed E-state index contributed by atoms with van der Waals surface area (Å²) in [5.41, 5.74) is -0.596. The fourth-order valence-corrected chi connectivity index (χ4v) is 3.10. The molecule has 0 atom stereocenters. The fraction of sp³-hybridized carbons (Fsp3) is 0.889. The lowest BCUT2D eigenvalue weighted by atomic mass is 9.94. The molecule has 1 aliphatic heterocycles. The third-order valence-electron chi connectivity index (χ3n) is 2.61. The van der Waals surface area contributed by atoms with Crippen LogP contribution in [-0.2, 0) is 9.84 Å². The van der Waals surface area contributed by atoms with E-state index < -0.39 is 15.4 Å². The third-order valence-corrected chi connectivity index (χ3v) is 4.26. The zero-order chi connectivity index (χ0) is 10.7. The van der Waals surface area contributed by atoms with E-state index in [1.807, 2.05) is 6.92 Å². The van der Waals surface area contributed by atoms with Crippen LogP contribution < -0.4 is 5.32 Å². The molecule has 0 bridgehead atoms. The Balaban J connectivity index is 2.62. The summed E-state index contributed by atoms with van der Waals surface area (Å²) in [5, 5.41) is 12.2. The molecule has 0 aromatic carbocycles. The number of hydrogen-bond donors (Lipinski definition) is 1. The van der Waals surface area contributed by atoms with E-state index in [1.54, 1.807) is 0 Å². The molecule has 1 fully saturated rings. The summed E-state index contributed by atoms with van der Waals surface area (Å²) in [6.45, 7) is 2.80. The maximum atomic E-state index is 11.2. The zero-order valence-electron chi connectivity index (χ0n) is 8.41. The van der Waals surface area contributed by atoms with Crippen molar-refractivity contribution in [3.05, 3.63) is 0 Å². The van der Waals surface area contributed by atoms with Crippen molar-refractivity contribution in [2.45, 2.75) is 31.7 Å². The van der Waals surface area contributed by atoms with E-state index in [0.29, 0.717) is 12.8 Å². The first-order valence-corrected chi connectivity index (χ1v) is 6.72. The number of nitrogens with one attached hydrogen (secondary N) is 1. The maximum Gasteiger partial charge on any atom is 0.150 e. The molecule has 1 aliphatic rings. The van der Waals surface area contributed by atoms with Crippen molar-refractivity contribution >= 4 is 9.84 Å². The largest absolute Gasteiger partial charge is 0.299 e. The average molecular weight is 216 g/mol. The summed E-state index contributed by atoms with van der Waals surface area (Å²) in [7, 11) is -2.88. The van der Waals surface area contributed by atoms with Crippen LogP contribution in [0.5, 0.6) is 0 Å². The molecule has 0 saturated carbocycles. The highest BCUT2D eigenvalue weighted by Crippen LogP contribution is 2.22. The molecule has 80 valence electrons. The van der Waals surface area contributed by atoms with Crippen LogP contribution in [0, 0.1) is 11.3 Å². The maximum absolute atomic E-state index is 11.2. The summed E-state index contributed by atoms with van der Waals surface area (Å²) in [6, 6.07) is 2.21. The Morgan fingerprint density at radius 1 is 1.43 bits per heavy atom. The van der Waals surface area contributed by atoms with E-state index >= 15 is 0 Å². The Kier molecular flexibility index (Phi) is 3.51. The summed E-state index contributed by atoms with van der Waals surface area (Å²) < 4.78 is 22.4. The van der Waals surface area contributed by atoms with E-state index in [9.17, 15) is 8.42 Å². The molecule has 1 rings (SSSR count). The van der Waals surface area contributed by atoms with Crippen molar-refractivity contribution in [1.29, 1.82) is 5.26 Å². The van der Waals surface area contributed by atoms with Gasteiger partial charge in [-0.3, -0.25) is 5.32 Å². The van der Waals surface area contributed by atoms with Crippen molar-refractivity contribution < 1.29 is 8.42 Å². The van der Waals surface area contributed by atoms with E-state index in [0.717, 1.165) is 13.0 Å². The summed E-state index contributed by atoms with van der Waals surface area (Å²) >= 11 is 0. The molecule has 0 spiro atoms. The minimum atomic E-state index is -2.88. The van der Waals surface area contributed by atoms with Crippen molar-refractivity contribution in [3.8, 4) is 6.07 Å². The summed E-state index contributed by atoms with van der Waals surface area (Å²) in [5.74, 6) is 0.272. The molecular weight excluding hydrogens is 200 g/mol. The minimum absolute atomic E-state index is 0.136. The first-order chi connectivity index (χ1) is 6.54. The van der Waals surface area contributed by atoms with Gasteiger partial charge in [0.2, 0.25) is 0 Å². The van der Waals surface area contributed by atoms with Crippen molar-refractivity contribution in [2.75, 3.05) is 18.1 Å². The van der Waals surface area contributed by atoms with Gasteiger partial charge in [0.1, 0.15) is 5.54 Å². The van der Waals surface area contributed by atoms with Crippen LogP contribution in [0.2, 0.25) is 0 Å². The predicted molar refractivity (Wildman–Crippen MR) is 54.5 cm³/mol. The lowest BCUT2D eigenvalue weighted by Gasteiger charge is -2.31. The Labute approximate surface area is 85.2 Å². The van der Waals surface area contributed by atoms with E-state index in [1.165, 1.54) is 0 Å². The molecule has 0 amide bonds. The molecular formula is C9H16N2O2S. The van der Waals surface area contributed by atoms with Gasteiger partial charge in [0.15, 0.2) is 9.84 Å². The minimum Gasteiger partial charge on any atom is -0.299 e. The fourth-order valence-electron chi connectivity index (χ4n) is 1.58. The van der Waals surface area contributed by atoms with Gasteiger partial charge in [-0.25, -0.2) is 8.42 Å². The highest BCUT2D eigenvalue weighted by atomic mass is 32.2. The van der Waals surface area contributed by atoms with Gasteiger partial charge in [0, 0.05) is 0 Å². The zero-order valence-corrected chi connectivity index (χ0v) is 9.23. The average Bonchev–Trinajstić information content (AvgIpc) is 2.18. The molecule has 0 unspecified atom stereocenters. The SMILES string of the molecule is CCCNC1(C#N)CCS(=O)(=O)CC1. The first-order valence-electron chi connectivity index (χ1n) is 4.90. The van der Waals surface area contributed by atoms with Crippen LogP contribution >= 0.6 is 0 Å². The van der Waals surface area contributed by atoms with Crippen LogP contribution in [0.3, 0.4) is 0 Å². The van der Waals surface area contributed by atoms with Crippen LogP contribution in [0.1, 0.15) is 26.2 Å². The second kappa shape index (κ2) is 4.28. The quantitative estimate of drug-likeness (QED) is 0.744. The monoisotopic (exact) mass is 216 g/mol. The Morgan fingerprint density at radius 3 is 2.43 bits per heavy atom. The van der Waals surface area contributed by atoms with Gasteiger partial charge < -0.3 is 0 Å². The lowest BCUT2D eigenvalue weighted by Crippen LogP contribution is -2.49. The third kappa shape index (κ3) is 2.69. The number of nitriles is 1. The molecule has 1 saturated heterocycles. The number of rotatable bonds is 3. The van der Waals surface area contributed by atoms with Crippen LogP contribution in [0.15, 0.2) is 0 Å². The molecule has 0 radical (unpaired) electrons. The van der Waals surface area contributed by atoms with E-state index in [2.05, 4.69) is 11.4 Å². The second-order valence-electron chi connectivity index (χ2n) is 3.77. The predicted octanol–water partition coefficient (Wildman–Crippen LogP) is 0.457. The molecule has 0 aromatic rings. The van der Waals surface area contributed by atoms with Gasteiger partial charge >= 0.3 is 0 Å². The van der Waals surface area contributed by atoms with Gasteiger partial charge in [-0.1, -0.05) is 6.92 Å². The number of nitrogens with zero attached hydrogens (tertiary/aromatic N) is 1. The normalized spacial score (nSPS) is 24.0. The van der Waals surface area contributed by atoms with Crippen molar-refractivity contribution in [3.63, 3.8) is 0 Å². The summed E-state index contributed by atoms with van der Waals surface area (Å²) in [4.78, 5) is 0. The number of sulfone groups is 1. The molecule has 4 nitrogen and oxygen atoms in total. The second-order valence-corrected chi connectivity index (χ2v) is 6.08. The highest BCUT2D eigenvalue weighted by Gasteiger charge is 2.36. The topological polar surface area (TPSA) is 70.0 Å². The Hall–Kier alpha value is -0.600. The standard InChI is InChI=1S/C9H16N2O2S/c1-2-5-11-9(8-10)3-6-14(12,13)7-4-9/h11H,2-7H2,1H3. The molecule has 14 heavy (non-hydrogen) atoms. The molecule has 1 heterocycles. The Morgan fingerprint density at radius 2 is 2.00 bits per heavy atom. The van der Waals surface area contributed by atoms with Gasteiger partial charge in [0.25, 0.3) is 0 Å². The first kappa shape index (κ1) is 11.5. The smallest absolute Gasteiger partial charge is 0.150 e. The lowest BCUT2D eigenvalue weighted by molar-refractivity contribution is 0.376. The molecule has 0 aromatic heterocycles. The van der Waals surface area contributed by atoms with E-state index in [-0.39, 0.29) is 11.5 Å². The van der Waals surface area contributed by atoms with Gasteiger partial charge in [-0.05, 0) is 25.8 Å². The van der Waals surface area contributed by atoms with Crippen molar-refractivity contribution in [2.24, 2.45) is 0 Å². The molecule has 5 heteroatoms. The van der Waals surface area contributed by atoms with Crippen LogP contribution in [0.4, 0.5) is 0 Å². The van der Waals surface area contributed by atoms with Crippen LogP contribution in [-0.4, -0.2) is 32.0 Å². The van der Waals surface area contributed by atoms with Crippen molar-refractivity contribution in [1.82, 2.24) is 5.32 Å². The Bertz CT molecular complexity index is 315. The van der Waals surface area contributed by atoms with Gasteiger partial charge in [-0.2, -0.15) is 5.26 Å². The van der Waals surface area contributed by atoms with Crippen LogP contribution in [0.25, 0.3) is 0 Å². The summed E-state index contributed by atoms with van der Waals surface area (Å²) in [6.07, 6.45) is 1.80. The highest BCUT2D eigenvalue weighted by molar-refractivity contribution is 7.91. The number of hydrogen-bond acceptors (Lipinski definition) is 4.